The van der Waals surface area contributed by atoms with E-state index in [1.807, 2.05) is 26.0 Å². The van der Waals surface area contributed by atoms with Gasteiger partial charge in [-0.15, -0.1) is 0 Å². The Hall–Kier alpha value is -0.343. The molecular weight excluding hydrogens is 425 g/mol. The van der Waals surface area contributed by atoms with E-state index in [2.05, 4.69) is 38.6 Å². The summed E-state index contributed by atoms with van der Waals surface area (Å²) in [5, 5.41) is -0.0247. The second-order valence-electron chi connectivity index (χ2n) is 8.60. The van der Waals surface area contributed by atoms with E-state index in [1.165, 1.54) is 0 Å². The largest absolute Gasteiger partial charge is 0.412 e. The van der Waals surface area contributed by atoms with Crippen LogP contribution in [-0.4, -0.2) is 37.6 Å². The van der Waals surface area contributed by atoms with Crippen LogP contribution in [0.2, 0.25) is 18.1 Å². The van der Waals surface area contributed by atoms with E-state index in [-0.39, 0.29) is 18.3 Å². The van der Waals surface area contributed by atoms with Gasteiger partial charge >= 0.3 is 7.60 Å². The summed E-state index contributed by atoms with van der Waals surface area (Å²) in [4.78, 5) is 0.597. The zero-order valence-corrected chi connectivity index (χ0v) is 22.0. The first kappa shape index (κ1) is 26.7. The summed E-state index contributed by atoms with van der Waals surface area (Å²) < 4.78 is 47.2. The molecule has 1 rings (SSSR count). The molecule has 0 radical (unpaired) electrons. The lowest BCUT2D eigenvalue weighted by Gasteiger charge is -2.41. The predicted molar refractivity (Wildman–Crippen MR) is 123 cm³/mol. The summed E-state index contributed by atoms with van der Waals surface area (Å²) in [6.45, 7) is 18.5. The number of rotatable bonds is 11. The highest BCUT2D eigenvalue weighted by molar-refractivity contribution is 7.83. The lowest BCUT2D eigenvalue weighted by molar-refractivity contribution is 0.152. The molecule has 1 aromatic carbocycles. The molecule has 0 bridgehead atoms. The van der Waals surface area contributed by atoms with Crippen molar-refractivity contribution >= 4 is 26.9 Å². The van der Waals surface area contributed by atoms with Gasteiger partial charge in [0.2, 0.25) is 0 Å². The van der Waals surface area contributed by atoms with E-state index in [4.69, 9.17) is 13.5 Å². The fraction of sp³-hybridized carbons (Fsp3) is 0.700. The van der Waals surface area contributed by atoms with E-state index < -0.39 is 38.8 Å². The SMILES string of the molecule is CCOP(=O)(OCC)[C@@H](NS(=O)c1ccc(C)cc1)[C@H](C)O[Si](C)(C)C(C)(C)C. The summed E-state index contributed by atoms with van der Waals surface area (Å²) in [7, 11) is -7.37. The fourth-order valence-corrected chi connectivity index (χ4v) is 7.48. The monoisotopic (exact) mass is 463 g/mol. The Kier molecular flexibility index (Phi) is 9.94. The van der Waals surface area contributed by atoms with Gasteiger partial charge in [-0.1, -0.05) is 38.5 Å². The van der Waals surface area contributed by atoms with Crippen LogP contribution in [0.5, 0.6) is 0 Å². The standard InChI is InChI=1S/C20H38NO5PSSi/c1-10-24-27(22,25-11-2)19(17(4)26-29(8,9)20(5,6)7)21-28(23)18-14-12-16(3)13-15-18/h12-15,17,19,21H,10-11H2,1-9H3/t17-,19+,28?/m0/s1. The maximum absolute atomic E-state index is 13.6. The maximum atomic E-state index is 13.6. The van der Waals surface area contributed by atoms with Gasteiger partial charge in [0.1, 0.15) is 16.8 Å². The molecule has 168 valence electrons. The van der Waals surface area contributed by atoms with Crippen LogP contribution in [0.3, 0.4) is 0 Å². The van der Waals surface area contributed by atoms with E-state index in [1.54, 1.807) is 26.0 Å². The third kappa shape index (κ3) is 7.38. The molecule has 0 fully saturated rings. The van der Waals surface area contributed by atoms with Gasteiger partial charge < -0.3 is 13.5 Å². The van der Waals surface area contributed by atoms with Gasteiger partial charge in [-0.2, -0.15) is 0 Å². The Bertz CT molecular complexity index is 711. The molecule has 0 amide bonds. The van der Waals surface area contributed by atoms with Crippen molar-refractivity contribution in [3.8, 4) is 0 Å². The van der Waals surface area contributed by atoms with Gasteiger partial charge in [-0.3, -0.25) is 4.57 Å². The molecule has 9 heteroatoms. The molecule has 0 spiro atoms. The molecule has 3 atom stereocenters. The molecule has 0 heterocycles. The van der Waals surface area contributed by atoms with Crippen LogP contribution < -0.4 is 4.72 Å². The summed E-state index contributed by atoms with van der Waals surface area (Å²) in [6, 6.07) is 7.37. The van der Waals surface area contributed by atoms with Crippen molar-refractivity contribution in [1.82, 2.24) is 4.72 Å². The van der Waals surface area contributed by atoms with Crippen molar-refractivity contribution in [2.45, 2.75) is 83.4 Å². The van der Waals surface area contributed by atoms with Gasteiger partial charge in [-0.05, 0) is 58.0 Å². The minimum Gasteiger partial charge on any atom is -0.412 e. The van der Waals surface area contributed by atoms with Crippen LogP contribution in [0.15, 0.2) is 29.2 Å². The van der Waals surface area contributed by atoms with Crippen molar-refractivity contribution in [3.05, 3.63) is 29.8 Å². The van der Waals surface area contributed by atoms with E-state index >= 15 is 0 Å². The average Bonchev–Trinajstić information content (AvgIpc) is 2.58. The van der Waals surface area contributed by atoms with Crippen LogP contribution in [0.4, 0.5) is 0 Å². The first-order valence-electron chi connectivity index (χ1n) is 10.1. The Morgan fingerprint density at radius 2 is 1.59 bits per heavy atom. The second-order valence-corrected chi connectivity index (χ2v) is 16.8. The van der Waals surface area contributed by atoms with Crippen LogP contribution in [0.1, 0.15) is 47.1 Å². The van der Waals surface area contributed by atoms with Crippen LogP contribution in [0, 0.1) is 6.92 Å². The van der Waals surface area contributed by atoms with Crippen LogP contribution >= 0.6 is 7.60 Å². The zero-order valence-electron chi connectivity index (χ0n) is 19.3. The number of aryl methyl sites for hydroxylation is 1. The highest BCUT2D eigenvalue weighted by Gasteiger charge is 2.46. The van der Waals surface area contributed by atoms with Crippen molar-refractivity contribution in [2.75, 3.05) is 13.2 Å². The zero-order chi connectivity index (χ0) is 22.5. The molecular formula is C20H38NO5PSSi. The van der Waals surface area contributed by atoms with Crippen molar-refractivity contribution in [1.29, 1.82) is 0 Å². The molecule has 1 aromatic rings. The van der Waals surface area contributed by atoms with Crippen LogP contribution in [0.25, 0.3) is 0 Å². The number of hydrogen-bond acceptors (Lipinski definition) is 5. The van der Waals surface area contributed by atoms with Gasteiger partial charge in [0, 0.05) is 0 Å². The average molecular weight is 464 g/mol. The Labute approximate surface area is 180 Å². The third-order valence-electron chi connectivity index (χ3n) is 5.15. The summed E-state index contributed by atoms with van der Waals surface area (Å²) >= 11 is 0. The van der Waals surface area contributed by atoms with Crippen LogP contribution in [-0.2, 0) is 29.0 Å². The van der Waals surface area contributed by atoms with Gasteiger partial charge in [0.25, 0.3) is 0 Å². The second kappa shape index (κ2) is 10.8. The summed E-state index contributed by atoms with van der Waals surface area (Å²) in [5.74, 6) is -0.862. The van der Waals surface area contributed by atoms with Crippen molar-refractivity contribution in [2.24, 2.45) is 0 Å². The fourth-order valence-electron chi connectivity index (χ4n) is 2.52. The summed E-state index contributed by atoms with van der Waals surface area (Å²) in [5.41, 5.74) is 1.08. The molecule has 0 aromatic heterocycles. The highest BCUT2D eigenvalue weighted by atomic mass is 32.2. The number of benzene rings is 1. The van der Waals surface area contributed by atoms with E-state index in [0.29, 0.717) is 4.90 Å². The first-order chi connectivity index (χ1) is 13.3. The molecule has 0 aliphatic rings. The predicted octanol–water partition coefficient (Wildman–Crippen LogP) is 5.61. The molecule has 29 heavy (non-hydrogen) atoms. The van der Waals surface area contributed by atoms with Gasteiger partial charge in [-0.25, -0.2) is 8.93 Å². The van der Waals surface area contributed by atoms with Gasteiger partial charge in [0.15, 0.2) is 8.32 Å². The van der Waals surface area contributed by atoms with Gasteiger partial charge in [0.05, 0.1) is 24.2 Å². The molecule has 0 aliphatic carbocycles. The normalized spacial score (nSPS) is 16.4. The van der Waals surface area contributed by atoms with E-state index in [0.717, 1.165) is 5.56 Å². The molecule has 0 saturated heterocycles. The number of nitrogens with one attached hydrogen (secondary N) is 1. The molecule has 6 nitrogen and oxygen atoms in total. The lowest BCUT2D eigenvalue weighted by Crippen LogP contribution is -2.50. The smallest absolute Gasteiger partial charge is 0.350 e. The minimum absolute atomic E-state index is 0.0247. The Morgan fingerprint density at radius 1 is 1.10 bits per heavy atom. The van der Waals surface area contributed by atoms with Crippen molar-refractivity contribution in [3.63, 3.8) is 0 Å². The molecule has 1 N–H and O–H groups in total. The molecule has 0 aliphatic heterocycles. The molecule has 1 unspecified atom stereocenters. The van der Waals surface area contributed by atoms with E-state index in [9.17, 15) is 8.77 Å². The number of hydrogen-bond donors (Lipinski definition) is 1. The topological polar surface area (TPSA) is 73.9 Å². The highest BCUT2D eigenvalue weighted by Crippen LogP contribution is 2.54. The summed E-state index contributed by atoms with van der Waals surface area (Å²) in [6.07, 6.45) is -0.519. The molecule has 0 saturated carbocycles. The first-order valence-corrected chi connectivity index (χ1v) is 15.8. The minimum atomic E-state index is -3.61. The lowest BCUT2D eigenvalue weighted by atomic mass is 10.2. The Morgan fingerprint density at radius 3 is 2.00 bits per heavy atom. The van der Waals surface area contributed by atoms with Crippen molar-refractivity contribution < 1.29 is 22.2 Å². The maximum Gasteiger partial charge on any atom is 0.350 e. The Balaban J connectivity index is 3.25. The quantitative estimate of drug-likeness (QED) is 0.341. The third-order valence-corrected chi connectivity index (χ3v) is 13.5.